The normalized spacial score (nSPS) is 23.8. The molecule has 0 amide bonds. The van der Waals surface area contributed by atoms with Crippen molar-refractivity contribution in [2.45, 2.75) is 42.5 Å². The second kappa shape index (κ2) is 5.24. The van der Waals surface area contributed by atoms with Crippen molar-refractivity contribution in [3.05, 3.63) is 12.7 Å². The van der Waals surface area contributed by atoms with Gasteiger partial charge in [-0.1, -0.05) is 6.92 Å². The number of aromatic nitrogens is 4. The van der Waals surface area contributed by atoms with Crippen molar-refractivity contribution in [3.8, 4) is 0 Å². The first-order chi connectivity index (χ1) is 8.86. The number of hydrogen-bond donors (Lipinski definition) is 2. The molecule has 5 nitrogen and oxygen atoms in total. The number of fused-ring (bicyclic) bond motifs is 1. The number of aromatic amines is 1. The van der Waals surface area contributed by atoms with Crippen LogP contribution in [-0.4, -0.2) is 37.8 Å². The fourth-order valence-electron chi connectivity index (χ4n) is 2.51. The highest BCUT2D eigenvalue weighted by Gasteiger charge is 2.25. The zero-order valence-electron chi connectivity index (χ0n) is 10.4. The van der Waals surface area contributed by atoms with E-state index < -0.39 is 0 Å². The number of nitrogens with zero attached hydrogens (tertiary/aromatic N) is 3. The predicted molar refractivity (Wildman–Crippen MR) is 72.6 cm³/mol. The van der Waals surface area contributed by atoms with E-state index in [9.17, 15) is 0 Å². The molecule has 1 saturated carbocycles. The summed E-state index contributed by atoms with van der Waals surface area (Å²) in [6, 6.07) is 0.673. The molecular weight excluding hydrogens is 246 g/mol. The van der Waals surface area contributed by atoms with Gasteiger partial charge in [-0.3, -0.25) is 0 Å². The first-order valence-corrected chi connectivity index (χ1v) is 7.29. The van der Waals surface area contributed by atoms with Crippen molar-refractivity contribution in [3.63, 3.8) is 0 Å². The summed E-state index contributed by atoms with van der Waals surface area (Å²) in [4.78, 5) is 15.8. The number of nitrogens with one attached hydrogen (secondary N) is 2. The topological polar surface area (TPSA) is 66.5 Å². The van der Waals surface area contributed by atoms with E-state index in [1.807, 2.05) is 11.8 Å². The molecule has 96 valence electrons. The van der Waals surface area contributed by atoms with Crippen LogP contribution in [0.5, 0.6) is 0 Å². The van der Waals surface area contributed by atoms with Crippen LogP contribution in [0.15, 0.2) is 17.7 Å². The van der Waals surface area contributed by atoms with Crippen LogP contribution in [0.1, 0.15) is 26.2 Å². The molecule has 6 heteroatoms. The molecular formula is C12H17N5S. The molecule has 1 fully saturated rings. The van der Waals surface area contributed by atoms with E-state index in [1.165, 1.54) is 19.3 Å². The second-order valence-electron chi connectivity index (χ2n) is 4.59. The maximum absolute atomic E-state index is 4.37. The SMILES string of the molecule is CCNC1CCC(Sc2ncnc3nc[nH]c23)C1. The van der Waals surface area contributed by atoms with Gasteiger partial charge < -0.3 is 10.3 Å². The Morgan fingerprint density at radius 2 is 2.33 bits per heavy atom. The Morgan fingerprint density at radius 3 is 3.22 bits per heavy atom. The van der Waals surface area contributed by atoms with E-state index in [2.05, 4.69) is 32.2 Å². The van der Waals surface area contributed by atoms with E-state index in [1.54, 1.807) is 12.7 Å². The van der Waals surface area contributed by atoms with Gasteiger partial charge in [0, 0.05) is 11.3 Å². The zero-order valence-corrected chi connectivity index (χ0v) is 11.2. The number of imidazole rings is 1. The molecule has 2 heterocycles. The molecule has 0 spiro atoms. The molecule has 2 atom stereocenters. The summed E-state index contributed by atoms with van der Waals surface area (Å²) >= 11 is 1.85. The van der Waals surface area contributed by atoms with Crippen LogP contribution in [-0.2, 0) is 0 Å². The number of rotatable bonds is 4. The molecule has 2 N–H and O–H groups in total. The van der Waals surface area contributed by atoms with Crippen LogP contribution in [0.4, 0.5) is 0 Å². The molecule has 0 saturated heterocycles. The maximum atomic E-state index is 4.37. The number of thioether (sulfide) groups is 1. The Labute approximate surface area is 110 Å². The minimum absolute atomic E-state index is 0.649. The lowest BCUT2D eigenvalue weighted by molar-refractivity contribution is 0.543. The van der Waals surface area contributed by atoms with Crippen LogP contribution in [0.2, 0.25) is 0 Å². The Balaban J connectivity index is 1.71. The zero-order chi connectivity index (χ0) is 12.4. The third-order valence-corrected chi connectivity index (χ3v) is 4.64. The van der Waals surface area contributed by atoms with Crippen molar-refractivity contribution in [1.29, 1.82) is 0 Å². The summed E-state index contributed by atoms with van der Waals surface area (Å²) in [5, 5.41) is 5.20. The van der Waals surface area contributed by atoms with Gasteiger partial charge in [0.1, 0.15) is 16.9 Å². The van der Waals surface area contributed by atoms with Crippen LogP contribution in [0.3, 0.4) is 0 Å². The number of hydrogen-bond acceptors (Lipinski definition) is 5. The smallest absolute Gasteiger partial charge is 0.181 e. The maximum Gasteiger partial charge on any atom is 0.181 e. The van der Waals surface area contributed by atoms with E-state index >= 15 is 0 Å². The fourth-order valence-corrected chi connectivity index (χ4v) is 3.79. The van der Waals surface area contributed by atoms with Gasteiger partial charge in [0.2, 0.25) is 0 Å². The Hall–Kier alpha value is -1.14. The molecule has 2 unspecified atom stereocenters. The van der Waals surface area contributed by atoms with Crippen LogP contribution in [0.25, 0.3) is 11.2 Å². The van der Waals surface area contributed by atoms with Gasteiger partial charge in [0.25, 0.3) is 0 Å². The molecule has 0 aromatic carbocycles. The van der Waals surface area contributed by atoms with Gasteiger partial charge in [-0.25, -0.2) is 15.0 Å². The van der Waals surface area contributed by atoms with Gasteiger partial charge >= 0.3 is 0 Å². The van der Waals surface area contributed by atoms with E-state index in [-0.39, 0.29) is 0 Å². The van der Waals surface area contributed by atoms with Crippen LogP contribution >= 0.6 is 11.8 Å². The first kappa shape index (κ1) is 11.9. The first-order valence-electron chi connectivity index (χ1n) is 6.41. The average molecular weight is 263 g/mol. The molecule has 0 aliphatic heterocycles. The third-order valence-electron chi connectivity index (χ3n) is 3.34. The monoisotopic (exact) mass is 263 g/mol. The highest BCUT2D eigenvalue weighted by atomic mass is 32.2. The molecule has 0 radical (unpaired) electrons. The Kier molecular flexibility index (Phi) is 3.47. The summed E-state index contributed by atoms with van der Waals surface area (Å²) in [6.07, 6.45) is 7.02. The molecule has 3 rings (SSSR count). The van der Waals surface area contributed by atoms with Crippen LogP contribution in [0, 0.1) is 0 Å². The van der Waals surface area contributed by atoms with Crippen molar-refractivity contribution < 1.29 is 0 Å². The van der Waals surface area contributed by atoms with Gasteiger partial charge in [0.15, 0.2) is 5.65 Å². The van der Waals surface area contributed by atoms with E-state index in [4.69, 9.17) is 0 Å². The molecule has 1 aliphatic carbocycles. The third kappa shape index (κ3) is 2.35. The lowest BCUT2D eigenvalue weighted by Crippen LogP contribution is -2.26. The summed E-state index contributed by atoms with van der Waals surface area (Å²) in [6.45, 7) is 3.22. The van der Waals surface area contributed by atoms with Crippen molar-refractivity contribution >= 4 is 22.9 Å². The lowest BCUT2D eigenvalue weighted by atomic mass is 10.2. The van der Waals surface area contributed by atoms with Crippen molar-refractivity contribution in [2.75, 3.05) is 6.54 Å². The number of H-pyrrole nitrogens is 1. The molecule has 2 aromatic rings. The van der Waals surface area contributed by atoms with Crippen LogP contribution < -0.4 is 5.32 Å². The van der Waals surface area contributed by atoms with Crippen molar-refractivity contribution in [2.24, 2.45) is 0 Å². The molecule has 0 bridgehead atoms. The van der Waals surface area contributed by atoms with Gasteiger partial charge in [-0.05, 0) is 25.8 Å². The fraction of sp³-hybridized carbons (Fsp3) is 0.583. The Bertz CT molecular complexity index is 526. The second-order valence-corrected chi connectivity index (χ2v) is 5.88. The van der Waals surface area contributed by atoms with Gasteiger partial charge in [-0.2, -0.15) is 0 Å². The predicted octanol–water partition coefficient (Wildman–Crippen LogP) is 1.98. The largest absolute Gasteiger partial charge is 0.341 e. The lowest BCUT2D eigenvalue weighted by Gasteiger charge is -2.11. The summed E-state index contributed by atoms with van der Waals surface area (Å²) in [5.74, 6) is 0. The minimum atomic E-state index is 0.649. The van der Waals surface area contributed by atoms with Gasteiger partial charge in [0.05, 0.1) is 6.33 Å². The summed E-state index contributed by atoms with van der Waals surface area (Å²) in [5.41, 5.74) is 1.73. The molecule has 18 heavy (non-hydrogen) atoms. The highest BCUT2D eigenvalue weighted by Crippen LogP contribution is 2.35. The minimum Gasteiger partial charge on any atom is -0.341 e. The quantitative estimate of drug-likeness (QED) is 0.826. The van der Waals surface area contributed by atoms with Gasteiger partial charge in [-0.15, -0.1) is 11.8 Å². The van der Waals surface area contributed by atoms with E-state index in [0.717, 1.165) is 22.7 Å². The Morgan fingerprint density at radius 1 is 1.39 bits per heavy atom. The molecule has 2 aromatic heterocycles. The molecule has 1 aliphatic rings. The average Bonchev–Trinajstić information content (AvgIpc) is 2.99. The summed E-state index contributed by atoms with van der Waals surface area (Å²) < 4.78 is 0. The van der Waals surface area contributed by atoms with Crippen molar-refractivity contribution in [1.82, 2.24) is 25.3 Å². The summed E-state index contributed by atoms with van der Waals surface area (Å²) in [7, 11) is 0. The highest BCUT2D eigenvalue weighted by molar-refractivity contribution is 8.00. The van der Waals surface area contributed by atoms with E-state index in [0.29, 0.717) is 11.3 Å². The standard InChI is InChI=1S/C12H17N5S/c1-2-13-8-3-4-9(5-8)18-12-10-11(15-6-14-10)16-7-17-12/h6-9,13H,2-5H2,1H3,(H,14,15,16,17).